The summed E-state index contributed by atoms with van der Waals surface area (Å²) in [6, 6.07) is 17.9. The number of aryl methyl sites for hydroxylation is 1. The largest absolute Gasteiger partial charge is 0.0676 e. The highest BCUT2D eigenvalue weighted by molar-refractivity contribution is 7.67. The third-order valence-electron chi connectivity index (χ3n) is 11.5. The predicted octanol–water partition coefficient (Wildman–Crippen LogP) is 14.7. The van der Waals surface area contributed by atoms with Crippen molar-refractivity contribution in [2.24, 2.45) is 0 Å². The molecule has 0 heterocycles. The lowest BCUT2D eigenvalue weighted by Gasteiger charge is -2.41. The molecule has 0 spiro atoms. The molecular weight excluding hydrogens is 583 g/mol. The van der Waals surface area contributed by atoms with Crippen molar-refractivity contribution in [2.75, 3.05) is 0 Å². The van der Waals surface area contributed by atoms with Gasteiger partial charge in [-0.2, -0.15) is 0 Å². The van der Waals surface area contributed by atoms with Gasteiger partial charge in [-0.05, 0) is 129 Å². The summed E-state index contributed by atoms with van der Waals surface area (Å²) in [6.45, 7) is 26.5. The van der Waals surface area contributed by atoms with Crippen molar-refractivity contribution in [3.05, 3.63) is 75.8 Å². The molecular formula is C46H67P. The second-order valence-corrected chi connectivity index (χ2v) is 19.6. The minimum atomic E-state index is -0.335. The van der Waals surface area contributed by atoms with Crippen LogP contribution in [-0.2, 0) is 0 Å². The van der Waals surface area contributed by atoms with Gasteiger partial charge < -0.3 is 0 Å². The van der Waals surface area contributed by atoms with Crippen molar-refractivity contribution >= 4 is 13.2 Å². The first-order valence-corrected chi connectivity index (χ1v) is 21.1. The summed E-state index contributed by atoms with van der Waals surface area (Å²) in [7, 11) is -0.335. The molecule has 0 nitrogen and oxygen atoms in total. The monoisotopic (exact) mass is 650 g/mol. The van der Waals surface area contributed by atoms with E-state index < -0.39 is 0 Å². The Kier molecular flexibility index (Phi) is 12.2. The third-order valence-corrected chi connectivity index (χ3v) is 15.1. The maximum atomic E-state index is 2.60. The summed E-state index contributed by atoms with van der Waals surface area (Å²) < 4.78 is 0. The molecule has 0 aromatic heterocycles. The van der Waals surface area contributed by atoms with Crippen LogP contribution in [0.2, 0.25) is 0 Å². The van der Waals surface area contributed by atoms with Gasteiger partial charge in [-0.25, -0.2) is 0 Å². The topological polar surface area (TPSA) is 0 Å². The Balaban J connectivity index is 1.96. The van der Waals surface area contributed by atoms with Crippen LogP contribution in [0.5, 0.6) is 0 Å². The van der Waals surface area contributed by atoms with Gasteiger partial charge >= 0.3 is 0 Å². The van der Waals surface area contributed by atoms with Crippen LogP contribution in [0.4, 0.5) is 0 Å². The van der Waals surface area contributed by atoms with E-state index in [1.165, 1.54) is 75.3 Å². The minimum Gasteiger partial charge on any atom is -0.0676 e. The molecule has 2 fully saturated rings. The summed E-state index contributed by atoms with van der Waals surface area (Å²) in [6.07, 6.45) is 14.3. The fraction of sp³-hybridized carbons (Fsp3) is 0.609. The van der Waals surface area contributed by atoms with Crippen molar-refractivity contribution in [3.63, 3.8) is 0 Å². The molecule has 47 heavy (non-hydrogen) atoms. The van der Waals surface area contributed by atoms with Crippen LogP contribution in [0.15, 0.2) is 42.5 Å². The average Bonchev–Trinajstić information content (AvgIpc) is 3.04. The molecule has 2 aliphatic carbocycles. The van der Waals surface area contributed by atoms with Gasteiger partial charge in [0.25, 0.3) is 0 Å². The Morgan fingerprint density at radius 2 is 0.851 bits per heavy atom. The van der Waals surface area contributed by atoms with Gasteiger partial charge in [0.1, 0.15) is 0 Å². The van der Waals surface area contributed by atoms with Crippen LogP contribution < -0.4 is 5.30 Å². The average molecular weight is 651 g/mol. The molecule has 0 aliphatic heterocycles. The molecule has 3 aromatic carbocycles. The van der Waals surface area contributed by atoms with E-state index in [-0.39, 0.29) is 7.92 Å². The van der Waals surface area contributed by atoms with Gasteiger partial charge in [0.2, 0.25) is 0 Å². The molecule has 2 aliphatic rings. The summed E-state index contributed by atoms with van der Waals surface area (Å²) >= 11 is 0. The van der Waals surface area contributed by atoms with Crippen LogP contribution in [-0.4, -0.2) is 11.3 Å². The lowest BCUT2D eigenvalue weighted by Crippen LogP contribution is -2.29. The number of hydrogen-bond donors (Lipinski definition) is 0. The van der Waals surface area contributed by atoms with E-state index in [1.807, 2.05) is 0 Å². The molecule has 3 aromatic rings. The SMILES string of the molecule is Cc1cc(C(C)C)c(-c2cccc(-c3c(C(C)C)cc(C(C)C)cc3C(C)C)c2P(C2CCCCC2)C2CCCCC2)c(C(C)C)c1. The van der Waals surface area contributed by atoms with Crippen LogP contribution in [0.1, 0.15) is 196 Å². The van der Waals surface area contributed by atoms with Crippen molar-refractivity contribution in [3.8, 4) is 22.3 Å². The van der Waals surface area contributed by atoms with Gasteiger partial charge in [-0.15, -0.1) is 0 Å². The Morgan fingerprint density at radius 3 is 1.19 bits per heavy atom. The first-order valence-electron chi connectivity index (χ1n) is 19.6. The highest BCUT2D eigenvalue weighted by Crippen LogP contribution is 2.59. The quantitative estimate of drug-likeness (QED) is 0.192. The molecule has 1 heteroatoms. The zero-order chi connectivity index (χ0) is 34.0. The number of rotatable bonds is 10. The van der Waals surface area contributed by atoms with E-state index in [0.29, 0.717) is 29.6 Å². The second kappa shape index (κ2) is 15.8. The lowest BCUT2D eigenvalue weighted by molar-refractivity contribution is 0.487. The zero-order valence-electron chi connectivity index (χ0n) is 32.1. The zero-order valence-corrected chi connectivity index (χ0v) is 33.0. The molecule has 0 bridgehead atoms. The highest BCUT2D eigenvalue weighted by Gasteiger charge is 2.37. The van der Waals surface area contributed by atoms with Crippen molar-refractivity contribution in [1.82, 2.24) is 0 Å². The van der Waals surface area contributed by atoms with Gasteiger partial charge in [0.15, 0.2) is 0 Å². The van der Waals surface area contributed by atoms with Crippen molar-refractivity contribution < 1.29 is 0 Å². The van der Waals surface area contributed by atoms with E-state index in [1.54, 1.807) is 49.8 Å². The Hall–Kier alpha value is -1.91. The standard InChI is InChI=1S/C46H67P/c1-29(2)35-27-42(32(7)8)45(43(28-35)33(9)10)39-24-18-23-38(44-40(30(3)4)25-34(11)26-41(44)31(5)6)46(39)47(36-19-14-12-15-20-36)37-21-16-13-17-22-37/h18,23-33,36-37H,12-17,19-22H2,1-11H3. The Bertz CT molecular complexity index is 1410. The maximum Gasteiger partial charge on any atom is -0.00783 e. The molecule has 5 rings (SSSR count). The summed E-state index contributed by atoms with van der Waals surface area (Å²) in [5.74, 6) is 2.45. The van der Waals surface area contributed by atoms with Crippen molar-refractivity contribution in [1.29, 1.82) is 0 Å². The van der Waals surface area contributed by atoms with Gasteiger partial charge in [-0.1, -0.05) is 164 Å². The first kappa shape index (κ1) is 36.4. The van der Waals surface area contributed by atoms with E-state index in [4.69, 9.17) is 0 Å². The van der Waals surface area contributed by atoms with Crippen LogP contribution >= 0.6 is 7.92 Å². The van der Waals surface area contributed by atoms with Gasteiger partial charge in [-0.3, -0.25) is 0 Å². The summed E-state index contributed by atoms with van der Waals surface area (Å²) in [5.41, 5.74) is 17.2. The Labute approximate surface area is 291 Å². The van der Waals surface area contributed by atoms with E-state index >= 15 is 0 Å². The molecule has 0 amide bonds. The lowest BCUT2D eigenvalue weighted by atomic mass is 9.80. The Morgan fingerprint density at radius 1 is 0.489 bits per heavy atom. The minimum absolute atomic E-state index is 0.335. The second-order valence-electron chi connectivity index (χ2n) is 16.9. The smallest absolute Gasteiger partial charge is 0.00783 e. The maximum absolute atomic E-state index is 2.60. The van der Waals surface area contributed by atoms with Crippen molar-refractivity contribution in [2.45, 2.75) is 181 Å². The molecule has 0 atom stereocenters. The predicted molar refractivity (Wildman–Crippen MR) is 213 cm³/mol. The van der Waals surface area contributed by atoms with E-state index in [0.717, 1.165) is 11.3 Å². The molecule has 256 valence electrons. The fourth-order valence-corrected chi connectivity index (χ4v) is 13.0. The first-order chi connectivity index (χ1) is 22.4. The molecule has 2 saturated carbocycles. The molecule has 0 unspecified atom stereocenters. The molecule has 0 radical (unpaired) electrons. The third kappa shape index (κ3) is 7.80. The molecule has 0 N–H and O–H groups in total. The normalized spacial score (nSPS) is 17.0. The highest BCUT2D eigenvalue weighted by atomic mass is 31.1. The number of hydrogen-bond acceptors (Lipinski definition) is 0. The number of benzene rings is 3. The van der Waals surface area contributed by atoms with E-state index in [2.05, 4.69) is 119 Å². The van der Waals surface area contributed by atoms with Crippen LogP contribution in [0.25, 0.3) is 22.3 Å². The molecule has 0 saturated heterocycles. The van der Waals surface area contributed by atoms with Crippen LogP contribution in [0.3, 0.4) is 0 Å². The fourth-order valence-electron chi connectivity index (χ4n) is 8.94. The summed E-state index contributed by atoms with van der Waals surface area (Å²) in [4.78, 5) is 0. The van der Waals surface area contributed by atoms with Gasteiger partial charge in [0, 0.05) is 0 Å². The van der Waals surface area contributed by atoms with E-state index in [9.17, 15) is 0 Å². The van der Waals surface area contributed by atoms with Crippen LogP contribution in [0, 0.1) is 6.92 Å². The van der Waals surface area contributed by atoms with Gasteiger partial charge in [0.05, 0.1) is 0 Å². The summed E-state index contributed by atoms with van der Waals surface area (Å²) in [5, 5.41) is 1.79.